The molecular weight excluding hydrogens is 396 g/mol. The lowest BCUT2D eigenvalue weighted by Gasteiger charge is -2.12. The molecule has 0 radical (unpaired) electrons. The number of benzene rings is 2. The maximum absolute atomic E-state index is 11.9. The van der Waals surface area contributed by atoms with Crippen molar-refractivity contribution < 1.29 is 14.3 Å². The fourth-order valence-corrected chi connectivity index (χ4v) is 2.97. The standard InChI is InChI=1S/C21H25ClN2O3S/c1-3-26-17-10-7-15(8-11-17)6-5-13-23-21(28)24-16-9-12-19(22)18(14-16)20(25)27-4-2/h7-12,14H,3-6,13H2,1-2H3,(H2,23,24,28). The van der Waals surface area contributed by atoms with Crippen LogP contribution in [0.3, 0.4) is 0 Å². The van der Waals surface area contributed by atoms with E-state index in [1.54, 1.807) is 25.1 Å². The highest BCUT2D eigenvalue weighted by Crippen LogP contribution is 2.21. The zero-order valence-electron chi connectivity index (χ0n) is 16.1. The van der Waals surface area contributed by atoms with Gasteiger partial charge >= 0.3 is 5.97 Å². The Morgan fingerprint density at radius 1 is 1.11 bits per heavy atom. The Morgan fingerprint density at radius 3 is 2.54 bits per heavy atom. The van der Waals surface area contributed by atoms with E-state index in [4.69, 9.17) is 33.3 Å². The molecule has 0 aliphatic rings. The van der Waals surface area contributed by atoms with Gasteiger partial charge in [0.25, 0.3) is 0 Å². The number of carbonyl (C=O) groups excluding carboxylic acids is 1. The van der Waals surface area contributed by atoms with Gasteiger partial charge in [-0.15, -0.1) is 0 Å². The SMILES string of the molecule is CCOC(=O)c1cc(NC(=S)NCCCc2ccc(OCC)cc2)ccc1Cl. The number of carbonyl (C=O) groups is 1. The molecular formula is C21H25ClN2O3S. The second kappa shape index (κ2) is 11.5. The fourth-order valence-electron chi connectivity index (χ4n) is 2.56. The minimum absolute atomic E-state index is 0.293. The number of nitrogens with one attached hydrogen (secondary N) is 2. The highest BCUT2D eigenvalue weighted by Gasteiger charge is 2.12. The number of anilines is 1. The molecule has 2 rings (SSSR count). The normalized spacial score (nSPS) is 10.2. The van der Waals surface area contributed by atoms with Gasteiger partial charge in [0, 0.05) is 12.2 Å². The van der Waals surface area contributed by atoms with Crippen LogP contribution in [-0.4, -0.2) is 30.8 Å². The van der Waals surface area contributed by atoms with E-state index in [1.165, 1.54) is 5.56 Å². The van der Waals surface area contributed by atoms with Gasteiger partial charge in [0.2, 0.25) is 0 Å². The third-order valence-electron chi connectivity index (χ3n) is 3.88. The van der Waals surface area contributed by atoms with Gasteiger partial charge in [-0.25, -0.2) is 4.79 Å². The third kappa shape index (κ3) is 7.02. The van der Waals surface area contributed by atoms with Crippen LogP contribution in [0.25, 0.3) is 0 Å². The van der Waals surface area contributed by atoms with Crippen molar-refractivity contribution in [3.8, 4) is 5.75 Å². The minimum Gasteiger partial charge on any atom is -0.494 e. The number of esters is 1. The average Bonchev–Trinajstić information content (AvgIpc) is 2.68. The van der Waals surface area contributed by atoms with E-state index in [0.29, 0.717) is 34.6 Å². The van der Waals surface area contributed by atoms with Crippen molar-refractivity contribution in [3.05, 3.63) is 58.6 Å². The minimum atomic E-state index is -0.453. The molecule has 150 valence electrons. The van der Waals surface area contributed by atoms with E-state index in [2.05, 4.69) is 22.8 Å². The van der Waals surface area contributed by atoms with Crippen molar-refractivity contribution in [2.75, 3.05) is 25.1 Å². The Labute approximate surface area is 176 Å². The lowest BCUT2D eigenvalue weighted by molar-refractivity contribution is 0.0526. The summed E-state index contributed by atoms with van der Waals surface area (Å²) in [7, 11) is 0. The molecule has 0 aromatic heterocycles. The number of thiocarbonyl (C=S) groups is 1. The van der Waals surface area contributed by atoms with E-state index in [0.717, 1.165) is 25.1 Å². The second-order valence-electron chi connectivity index (χ2n) is 5.98. The molecule has 0 saturated heterocycles. The van der Waals surface area contributed by atoms with Crippen molar-refractivity contribution in [1.29, 1.82) is 0 Å². The van der Waals surface area contributed by atoms with Crippen LogP contribution >= 0.6 is 23.8 Å². The molecule has 0 saturated carbocycles. The Morgan fingerprint density at radius 2 is 1.86 bits per heavy atom. The van der Waals surface area contributed by atoms with Crippen LogP contribution in [0.1, 0.15) is 36.2 Å². The van der Waals surface area contributed by atoms with E-state index >= 15 is 0 Å². The van der Waals surface area contributed by atoms with Crippen LogP contribution in [0.15, 0.2) is 42.5 Å². The summed E-state index contributed by atoms with van der Waals surface area (Å²) >= 11 is 11.4. The van der Waals surface area contributed by atoms with Crippen LogP contribution in [0.5, 0.6) is 5.75 Å². The summed E-state index contributed by atoms with van der Waals surface area (Å²) < 4.78 is 10.4. The summed E-state index contributed by atoms with van der Waals surface area (Å²) in [5.41, 5.74) is 2.24. The van der Waals surface area contributed by atoms with E-state index in [-0.39, 0.29) is 0 Å². The molecule has 0 amide bonds. The van der Waals surface area contributed by atoms with Gasteiger partial charge in [0.05, 0.1) is 23.8 Å². The van der Waals surface area contributed by atoms with E-state index in [9.17, 15) is 4.79 Å². The highest BCUT2D eigenvalue weighted by molar-refractivity contribution is 7.80. The maximum Gasteiger partial charge on any atom is 0.339 e. The summed E-state index contributed by atoms with van der Waals surface area (Å²) in [6.45, 7) is 5.42. The summed E-state index contributed by atoms with van der Waals surface area (Å²) in [5.74, 6) is 0.435. The second-order valence-corrected chi connectivity index (χ2v) is 6.79. The molecule has 0 aliphatic carbocycles. The smallest absolute Gasteiger partial charge is 0.339 e. The van der Waals surface area contributed by atoms with Crippen LogP contribution in [0.2, 0.25) is 5.02 Å². The number of hydrogen-bond acceptors (Lipinski definition) is 4. The molecule has 0 bridgehead atoms. The lowest BCUT2D eigenvalue weighted by atomic mass is 10.1. The molecule has 7 heteroatoms. The lowest BCUT2D eigenvalue weighted by Crippen LogP contribution is -2.29. The predicted octanol–water partition coefficient (Wildman–Crippen LogP) is 4.83. The number of ether oxygens (including phenoxy) is 2. The van der Waals surface area contributed by atoms with Crippen molar-refractivity contribution in [3.63, 3.8) is 0 Å². The number of aryl methyl sites for hydroxylation is 1. The average molecular weight is 421 g/mol. The van der Waals surface area contributed by atoms with Gasteiger partial charge in [-0.1, -0.05) is 23.7 Å². The Kier molecular flexibility index (Phi) is 9.04. The molecule has 0 aliphatic heterocycles. The molecule has 28 heavy (non-hydrogen) atoms. The monoisotopic (exact) mass is 420 g/mol. The van der Waals surface area contributed by atoms with Crippen molar-refractivity contribution in [1.82, 2.24) is 5.32 Å². The van der Waals surface area contributed by atoms with Crippen LogP contribution in [0.4, 0.5) is 5.69 Å². The van der Waals surface area contributed by atoms with Crippen LogP contribution in [-0.2, 0) is 11.2 Å². The maximum atomic E-state index is 11.9. The summed E-state index contributed by atoms with van der Waals surface area (Å²) in [6.07, 6.45) is 1.88. The first kappa shape index (κ1) is 22.0. The van der Waals surface area contributed by atoms with E-state index in [1.807, 2.05) is 19.1 Å². The topological polar surface area (TPSA) is 59.6 Å². The van der Waals surface area contributed by atoms with Gasteiger partial charge in [0.1, 0.15) is 5.75 Å². The summed E-state index contributed by atoms with van der Waals surface area (Å²) in [4.78, 5) is 11.9. The third-order valence-corrected chi connectivity index (χ3v) is 4.46. The molecule has 2 aromatic carbocycles. The van der Waals surface area contributed by atoms with Crippen molar-refractivity contribution >= 4 is 40.6 Å². The number of rotatable bonds is 9. The molecule has 2 N–H and O–H groups in total. The molecule has 0 atom stereocenters. The van der Waals surface area contributed by atoms with Gasteiger partial charge in [0.15, 0.2) is 5.11 Å². The van der Waals surface area contributed by atoms with Crippen molar-refractivity contribution in [2.45, 2.75) is 26.7 Å². The zero-order valence-corrected chi connectivity index (χ0v) is 17.7. The fraction of sp³-hybridized carbons (Fsp3) is 0.333. The Hall–Kier alpha value is -2.31. The number of halogens is 1. The van der Waals surface area contributed by atoms with E-state index < -0.39 is 5.97 Å². The van der Waals surface area contributed by atoms with Crippen LogP contribution < -0.4 is 15.4 Å². The molecule has 0 fully saturated rings. The largest absolute Gasteiger partial charge is 0.494 e. The molecule has 0 heterocycles. The quantitative estimate of drug-likeness (QED) is 0.344. The van der Waals surface area contributed by atoms with Crippen molar-refractivity contribution in [2.24, 2.45) is 0 Å². The first-order valence-corrected chi connectivity index (χ1v) is 10.0. The predicted molar refractivity (Wildman–Crippen MR) is 118 cm³/mol. The van der Waals surface area contributed by atoms with Gasteiger partial charge in [-0.05, 0) is 74.8 Å². The van der Waals surface area contributed by atoms with Gasteiger partial charge in [-0.3, -0.25) is 0 Å². The first-order chi connectivity index (χ1) is 13.5. The molecule has 0 spiro atoms. The molecule has 5 nitrogen and oxygen atoms in total. The Balaban J connectivity index is 1.78. The van der Waals surface area contributed by atoms with Gasteiger partial charge < -0.3 is 20.1 Å². The van der Waals surface area contributed by atoms with Gasteiger partial charge in [-0.2, -0.15) is 0 Å². The summed E-state index contributed by atoms with van der Waals surface area (Å²) in [5, 5.41) is 7.07. The number of hydrogen-bond donors (Lipinski definition) is 2. The molecule has 0 unspecified atom stereocenters. The Bertz CT molecular complexity index is 797. The molecule has 2 aromatic rings. The first-order valence-electron chi connectivity index (χ1n) is 9.26. The zero-order chi connectivity index (χ0) is 20.4. The van der Waals surface area contributed by atoms with Crippen LogP contribution in [0, 0.1) is 0 Å². The highest BCUT2D eigenvalue weighted by atomic mass is 35.5. The summed E-state index contributed by atoms with van der Waals surface area (Å²) in [6, 6.07) is 13.2.